The first-order valence-corrected chi connectivity index (χ1v) is 7.12. The Hall–Kier alpha value is -1.71. The first kappa shape index (κ1) is 12.3. The first-order valence-electron chi connectivity index (χ1n) is 7.12. The minimum Gasteiger partial charge on any atom is -0.489 e. The predicted octanol–water partition coefficient (Wildman–Crippen LogP) is 2.51. The summed E-state index contributed by atoms with van der Waals surface area (Å²) in [7, 11) is 0. The molecule has 2 aliphatic heterocycles. The molecule has 1 fully saturated rings. The van der Waals surface area contributed by atoms with Crippen LogP contribution in [0.2, 0.25) is 0 Å². The molecule has 1 aromatic carbocycles. The number of carbonyl (C=O) groups excluding carboxylic acids is 1. The van der Waals surface area contributed by atoms with Gasteiger partial charge in [0.05, 0.1) is 11.3 Å². The van der Waals surface area contributed by atoms with E-state index in [9.17, 15) is 4.79 Å². The van der Waals surface area contributed by atoms with E-state index in [0.29, 0.717) is 18.2 Å². The highest BCUT2D eigenvalue weighted by Crippen LogP contribution is 2.33. The molecule has 4 heteroatoms. The molecule has 0 aliphatic carbocycles. The van der Waals surface area contributed by atoms with Crippen molar-refractivity contribution in [2.75, 3.05) is 25.0 Å². The Morgan fingerprint density at radius 2 is 2.42 bits per heavy atom. The molecule has 1 saturated heterocycles. The fourth-order valence-corrected chi connectivity index (χ4v) is 3.02. The largest absolute Gasteiger partial charge is 0.489 e. The first-order chi connectivity index (χ1) is 9.31. The van der Waals surface area contributed by atoms with Gasteiger partial charge in [-0.2, -0.15) is 0 Å². The normalized spacial score (nSPS) is 21.5. The van der Waals surface area contributed by atoms with Gasteiger partial charge in [-0.15, -0.1) is 0 Å². The minimum absolute atomic E-state index is 0.116. The molecular formula is C15H20N2O2. The summed E-state index contributed by atoms with van der Waals surface area (Å²) in [6.45, 7) is 4.43. The summed E-state index contributed by atoms with van der Waals surface area (Å²) >= 11 is 0. The summed E-state index contributed by atoms with van der Waals surface area (Å²) in [6, 6.07) is 6.15. The molecule has 4 nitrogen and oxygen atoms in total. The van der Waals surface area contributed by atoms with E-state index in [2.05, 4.69) is 12.2 Å². The summed E-state index contributed by atoms with van der Waals surface area (Å²) in [5.41, 5.74) is 1.63. The van der Waals surface area contributed by atoms with Gasteiger partial charge in [0.1, 0.15) is 6.61 Å². The van der Waals surface area contributed by atoms with Crippen LogP contribution in [-0.4, -0.2) is 36.5 Å². The second-order valence-corrected chi connectivity index (χ2v) is 5.16. The van der Waals surface area contributed by atoms with Crippen molar-refractivity contribution in [1.29, 1.82) is 0 Å². The van der Waals surface area contributed by atoms with Crippen molar-refractivity contribution in [3.05, 3.63) is 23.8 Å². The average molecular weight is 260 g/mol. The number of para-hydroxylation sites is 1. The highest BCUT2D eigenvalue weighted by atomic mass is 16.5. The Bertz CT molecular complexity index is 487. The lowest BCUT2D eigenvalue weighted by Crippen LogP contribution is -2.35. The third kappa shape index (κ3) is 2.15. The van der Waals surface area contributed by atoms with E-state index in [1.165, 1.54) is 0 Å². The molecule has 2 aliphatic rings. The standard InChI is InChI=1S/C15H20N2O2/c1-2-11-5-4-9-17(11)15(18)12-6-3-7-13-14(12)19-10-8-16-13/h3,6-7,11,16H,2,4-5,8-10H2,1H3. The molecule has 1 N–H and O–H groups in total. The number of hydrogen-bond acceptors (Lipinski definition) is 3. The number of carbonyl (C=O) groups is 1. The molecule has 3 rings (SSSR count). The summed E-state index contributed by atoms with van der Waals surface area (Å²) in [4.78, 5) is 14.7. The zero-order valence-corrected chi connectivity index (χ0v) is 11.3. The van der Waals surface area contributed by atoms with Gasteiger partial charge in [-0.05, 0) is 31.4 Å². The number of fused-ring (bicyclic) bond motifs is 1. The summed E-state index contributed by atoms with van der Waals surface area (Å²) in [5, 5.41) is 3.28. The van der Waals surface area contributed by atoms with Gasteiger partial charge in [0.15, 0.2) is 5.75 Å². The number of nitrogens with one attached hydrogen (secondary N) is 1. The van der Waals surface area contributed by atoms with Crippen LogP contribution < -0.4 is 10.1 Å². The fraction of sp³-hybridized carbons (Fsp3) is 0.533. The lowest BCUT2D eigenvalue weighted by atomic mass is 10.1. The van der Waals surface area contributed by atoms with Gasteiger partial charge in [0.25, 0.3) is 5.91 Å². The van der Waals surface area contributed by atoms with Crippen LogP contribution in [0.15, 0.2) is 18.2 Å². The van der Waals surface area contributed by atoms with Gasteiger partial charge >= 0.3 is 0 Å². The van der Waals surface area contributed by atoms with Crippen molar-refractivity contribution in [2.45, 2.75) is 32.2 Å². The molecule has 0 saturated carbocycles. The number of nitrogens with zero attached hydrogens (tertiary/aromatic N) is 1. The van der Waals surface area contributed by atoms with E-state index in [0.717, 1.165) is 43.8 Å². The molecule has 102 valence electrons. The fourth-order valence-electron chi connectivity index (χ4n) is 3.02. The van der Waals surface area contributed by atoms with Crippen LogP contribution in [0.5, 0.6) is 5.75 Å². The zero-order chi connectivity index (χ0) is 13.2. The summed E-state index contributed by atoms with van der Waals surface area (Å²) in [6.07, 6.45) is 3.26. The summed E-state index contributed by atoms with van der Waals surface area (Å²) in [5.74, 6) is 0.838. The number of rotatable bonds is 2. The SMILES string of the molecule is CCC1CCCN1C(=O)c1cccc2c1OCCN2. The number of anilines is 1. The second kappa shape index (κ2) is 5.11. The highest BCUT2D eigenvalue weighted by molar-refractivity contribution is 5.99. The number of benzene rings is 1. The molecule has 0 bridgehead atoms. The number of ether oxygens (including phenoxy) is 1. The predicted molar refractivity (Wildman–Crippen MR) is 74.8 cm³/mol. The molecular weight excluding hydrogens is 240 g/mol. The monoisotopic (exact) mass is 260 g/mol. The smallest absolute Gasteiger partial charge is 0.257 e. The average Bonchev–Trinajstić information content (AvgIpc) is 2.94. The molecule has 2 heterocycles. The third-order valence-corrected chi connectivity index (χ3v) is 4.02. The van der Waals surface area contributed by atoms with Gasteiger partial charge in [-0.1, -0.05) is 13.0 Å². The maximum absolute atomic E-state index is 12.7. The Morgan fingerprint density at radius 3 is 3.26 bits per heavy atom. The maximum atomic E-state index is 12.7. The molecule has 1 amide bonds. The maximum Gasteiger partial charge on any atom is 0.257 e. The van der Waals surface area contributed by atoms with Crippen molar-refractivity contribution in [3.8, 4) is 5.75 Å². The topological polar surface area (TPSA) is 41.6 Å². The number of hydrogen-bond donors (Lipinski definition) is 1. The molecule has 0 radical (unpaired) electrons. The third-order valence-electron chi connectivity index (χ3n) is 4.02. The molecule has 1 unspecified atom stereocenters. The number of likely N-dealkylation sites (tertiary alicyclic amines) is 1. The Kier molecular flexibility index (Phi) is 3.32. The molecule has 0 aromatic heterocycles. The van der Waals surface area contributed by atoms with E-state index < -0.39 is 0 Å². The van der Waals surface area contributed by atoms with Crippen LogP contribution in [0.25, 0.3) is 0 Å². The second-order valence-electron chi connectivity index (χ2n) is 5.16. The molecule has 1 atom stereocenters. The minimum atomic E-state index is 0.116. The van der Waals surface area contributed by atoms with Crippen LogP contribution in [0.4, 0.5) is 5.69 Å². The van der Waals surface area contributed by atoms with E-state index in [4.69, 9.17) is 4.74 Å². The quantitative estimate of drug-likeness (QED) is 0.888. The van der Waals surface area contributed by atoms with Crippen molar-refractivity contribution in [2.24, 2.45) is 0 Å². The number of amides is 1. The Labute approximate surface area is 113 Å². The van der Waals surface area contributed by atoms with Gasteiger partial charge in [0, 0.05) is 19.1 Å². The van der Waals surface area contributed by atoms with Crippen LogP contribution >= 0.6 is 0 Å². The Balaban J connectivity index is 1.91. The van der Waals surface area contributed by atoms with Crippen molar-refractivity contribution < 1.29 is 9.53 Å². The molecule has 19 heavy (non-hydrogen) atoms. The molecule has 1 aromatic rings. The van der Waals surface area contributed by atoms with E-state index in [1.54, 1.807) is 0 Å². The van der Waals surface area contributed by atoms with Gasteiger partial charge in [-0.25, -0.2) is 0 Å². The van der Waals surface area contributed by atoms with E-state index >= 15 is 0 Å². The Morgan fingerprint density at radius 1 is 1.53 bits per heavy atom. The lowest BCUT2D eigenvalue weighted by molar-refractivity contribution is 0.0729. The van der Waals surface area contributed by atoms with Gasteiger partial charge < -0.3 is 15.0 Å². The van der Waals surface area contributed by atoms with Crippen molar-refractivity contribution in [3.63, 3.8) is 0 Å². The van der Waals surface area contributed by atoms with E-state index in [1.807, 2.05) is 23.1 Å². The lowest BCUT2D eigenvalue weighted by Gasteiger charge is -2.27. The van der Waals surface area contributed by atoms with Gasteiger partial charge in [0.2, 0.25) is 0 Å². The summed E-state index contributed by atoms with van der Waals surface area (Å²) < 4.78 is 5.69. The van der Waals surface area contributed by atoms with Crippen LogP contribution in [0.3, 0.4) is 0 Å². The molecule has 0 spiro atoms. The van der Waals surface area contributed by atoms with E-state index in [-0.39, 0.29) is 5.91 Å². The van der Waals surface area contributed by atoms with Gasteiger partial charge in [-0.3, -0.25) is 4.79 Å². The van der Waals surface area contributed by atoms with Crippen LogP contribution in [0.1, 0.15) is 36.5 Å². The highest BCUT2D eigenvalue weighted by Gasteiger charge is 2.30. The van der Waals surface area contributed by atoms with Crippen molar-refractivity contribution in [1.82, 2.24) is 4.90 Å². The van der Waals surface area contributed by atoms with Crippen molar-refractivity contribution >= 4 is 11.6 Å². The van der Waals surface area contributed by atoms with Crippen LogP contribution in [-0.2, 0) is 0 Å². The zero-order valence-electron chi connectivity index (χ0n) is 11.3. The van der Waals surface area contributed by atoms with Crippen LogP contribution in [0, 0.1) is 0 Å².